The van der Waals surface area contributed by atoms with E-state index in [1.165, 1.54) is 11.1 Å². The number of benzene rings is 4. The summed E-state index contributed by atoms with van der Waals surface area (Å²) in [5.41, 5.74) is 6.16. The van der Waals surface area contributed by atoms with E-state index in [0.717, 1.165) is 22.3 Å². The maximum atomic E-state index is 11.3. The molecule has 0 heterocycles. The van der Waals surface area contributed by atoms with Gasteiger partial charge in [0.25, 0.3) is 0 Å². The van der Waals surface area contributed by atoms with Crippen LogP contribution in [0.3, 0.4) is 0 Å². The molecule has 10 heteroatoms. The Kier molecular flexibility index (Phi) is 12.2. The van der Waals surface area contributed by atoms with E-state index in [9.17, 15) is 9.59 Å². The van der Waals surface area contributed by atoms with Crippen molar-refractivity contribution in [2.75, 3.05) is 26.4 Å². The van der Waals surface area contributed by atoms with Crippen molar-refractivity contribution < 1.29 is 48.2 Å². The SMILES string of the molecule is C=C(O)C(=O)OCCCOC(C)Oc1ccc(C2(c3ccc(OC(C)OCCCOC(=O)C(=C)O)cc3)c3ccccc3-c3ccccc32)cc1. The second kappa shape index (κ2) is 16.9. The molecule has 0 bridgehead atoms. The van der Waals surface area contributed by atoms with Gasteiger partial charge in [-0.25, -0.2) is 9.59 Å². The molecule has 51 heavy (non-hydrogen) atoms. The van der Waals surface area contributed by atoms with E-state index in [1.54, 1.807) is 13.8 Å². The number of hydrogen-bond donors (Lipinski definition) is 2. The van der Waals surface area contributed by atoms with E-state index in [2.05, 4.69) is 86.0 Å². The van der Waals surface area contributed by atoms with Crippen molar-refractivity contribution in [3.63, 3.8) is 0 Å². The molecule has 2 atom stereocenters. The van der Waals surface area contributed by atoms with Crippen molar-refractivity contribution in [3.8, 4) is 22.6 Å². The molecule has 0 saturated heterocycles. The third-order valence-corrected chi connectivity index (χ3v) is 8.35. The number of ether oxygens (including phenoxy) is 6. The molecular formula is C41H42O10. The summed E-state index contributed by atoms with van der Waals surface area (Å²) in [6.45, 7) is 10.6. The zero-order chi connectivity index (χ0) is 36.4. The topological polar surface area (TPSA) is 130 Å². The first-order valence-electron chi connectivity index (χ1n) is 16.7. The van der Waals surface area contributed by atoms with Crippen molar-refractivity contribution in [3.05, 3.63) is 144 Å². The fourth-order valence-electron chi connectivity index (χ4n) is 6.15. The summed E-state index contributed by atoms with van der Waals surface area (Å²) in [4.78, 5) is 22.6. The zero-order valence-electron chi connectivity index (χ0n) is 28.7. The Morgan fingerprint density at radius 2 is 0.961 bits per heavy atom. The Bertz CT molecular complexity index is 1700. The minimum absolute atomic E-state index is 0.0920. The number of rotatable bonds is 18. The Hall–Kier alpha value is -5.58. The number of aliphatic hydroxyl groups excluding tert-OH is 2. The lowest BCUT2D eigenvalue weighted by Gasteiger charge is -2.34. The summed E-state index contributed by atoms with van der Waals surface area (Å²) in [7, 11) is 0. The molecule has 2 N–H and O–H groups in total. The summed E-state index contributed by atoms with van der Waals surface area (Å²) >= 11 is 0. The van der Waals surface area contributed by atoms with Crippen LogP contribution in [0.25, 0.3) is 11.1 Å². The lowest BCUT2D eigenvalue weighted by atomic mass is 9.68. The van der Waals surface area contributed by atoms with Crippen LogP contribution in [0.2, 0.25) is 0 Å². The number of carbonyl (C=O) groups excluding carboxylic acids is 2. The average Bonchev–Trinajstić information content (AvgIpc) is 3.43. The molecule has 0 fully saturated rings. The molecule has 4 aromatic rings. The fraction of sp³-hybridized carbons (Fsp3) is 0.268. The van der Waals surface area contributed by atoms with Gasteiger partial charge < -0.3 is 38.6 Å². The highest BCUT2D eigenvalue weighted by molar-refractivity contribution is 5.86. The van der Waals surface area contributed by atoms with Crippen molar-refractivity contribution in [2.24, 2.45) is 0 Å². The first kappa shape index (κ1) is 36.7. The molecule has 1 aliphatic carbocycles. The second-order valence-corrected chi connectivity index (χ2v) is 11.9. The van der Waals surface area contributed by atoms with Gasteiger partial charge in [0, 0.05) is 12.8 Å². The van der Waals surface area contributed by atoms with Gasteiger partial charge in [-0.05, 0) is 84.7 Å². The van der Waals surface area contributed by atoms with Crippen LogP contribution >= 0.6 is 0 Å². The van der Waals surface area contributed by atoms with Crippen LogP contribution in [0.5, 0.6) is 11.5 Å². The third kappa shape index (κ3) is 8.60. The van der Waals surface area contributed by atoms with Gasteiger partial charge in [0.15, 0.2) is 24.1 Å². The Balaban J connectivity index is 1.32. The van der Waals surface area contributed by atoms with E-state index >= 15 is 0 Å². The molecule has 266 valence electrons. The largest absolute Gasteiger partial charge is 0.502 e. The fourth-order valence-corrected chi connectivity index (χ4v) is 6.15. The lowest BCUT2D eigenvalue weighted by Crippen LogP contribution is -2.28. The molecular weight excluding hydrogens is 652 g/mol. The normalized spacial score (nSPS) is 13.6. The van der Waals surface area contributed by atoms with Gasteiger partial charge in [0.1, 0.15) is 11.5 Å². The molecule has 4 aromatic carbocycles. The monoisotopic (exact) mass is 694 g/mol. The summed E-state index contributed by atoms with van der Waals surface area (Å²) in [5, 5.41) is 18.1. The van der Waals surface area contributed by atoms with Crippen LogP contribution in [-0.2, 0) is 34.0 Å². The Labute approximate surface area is 297 Å². The van der Waals surface area contributed by atoms with Crippen LogP contribution in [0.4, 0.5) is 0 Å². The minimum atomic E-state index is -0.851. The molecule has 0 spiro atoms. The van der Waals surface area contributed by atoms with Crippen molar-refractivity contribution >= 4 is 11.9 Å². The van der Waals surface area contributed by atoms with Crippen LogP contribution in [-0.4, -0.2) is 61.2 Å². The van der Waals surface area contributed by atoms with Gasteiger partial charge in [-0.3, -0.25) is 0 Å². The van der Waals surface area contributed by atoms with Crippen molar-refractivity contribution in [1.82, 2.24) is 0 Å². The highest BCUT2D eigenvalue weighted by Crippen LogP contribution is 2.56. The quantitative estimate of drug-likeness (QED) is 0.0312. The molecule has 0 aromatic heterocycles. The molecule has 10 nitrogen and oxygen atoms in total. The highest BCUT2D eigenvalue weighted by atomic mass is 16.7. The molecule has 0 saturated carbocycles. The number of carbonyl (C=O) groups is 2. The lowest BCUT2D eigenvalue weighted by molar-refractivity contribution is -0.143. The Morgan fingerprint density at radius 1 is 0.588 bits per heavy atom. The maximum Gasteiger partial charge on any atom is 0.372 e. The predicted octanol–water partition coefficient (Wildman–Crippen LogP) is 7.54. The first-order chi connectivity index (χ1) is 24.6. The molecule has 0 radical (unpaired) electrons. The van der Waals surface area contributed by atoms with Gasteiger partial charge >= 0.3 is 11.9 Å². The van der Waals surface area contributed by atoms with Crippen molar-refractivity contribution in [2.45, 2.75) is 44.7 Å². The number of esters is 2. The van der Waals surface area contributed by atoms with Crippen LogP contribution in [0.15, 0.2) is 122 Å². The summed E-state index contributed by atoms with van der Waals surface area (Å²) in [6.07, 6.45) is -0.233. The Morgan fingerprint density at radius 3 is 1.33 bits per heavy atom. The average molecular weight is 695 g/mol. The first-order valence-corrected chi connectivity index (χ1v) is 16.7. The summed E-state index contributed by atoms with van der Waals surface area (Å²) in [6, 6.07) is 33.0. The third-order valence-electron chi connectivity index (χ3n) is 8.35. The van der Waals surface area contributed by atoms with E-state index in [0.29, 0.717) is 37.6 Å². The molecule has 1 aliphatic rings. The highest BCUT2D eigenvalue weighted by Gasteiger charge is 2.45. The van der Waals surface area contributed by atoms with Gasteiger partial charge in [-0.15, -0.1) is 0 Å². The van der Waals surface area contributed by atoms with E-state index < -0.39 is 41.5 Å². The van der Waals surface area contributed by atoms with Crippen molar-refractivity contribution in [1.29, 1.82) is 0 Å². The summed E-state index contributed by atoms with van der Waals surface area (Å²) in [5.74, 6) is -1.69. The van der Waals surface area contributed by atoms with E-state index in [1.807, 2.05) is 24.3 Å². The van der Waals surface area contributed by atoms with Crippen LogP contribution in [0, 0.1) is 0 Å². The zero-order valence-corrected chi connectivity index (χ0v) is 28.7. The van der Waals surface area contributed by atoms with Crippen LogP contribution < -0.4 is 9.47 Å². The minimum Gasteiger partial charge on any atom is -0.502 e. The van der Waals surface area contributed by atoms with E-state index in [4.69, 9.17) is 38.6 Å². The van der Waals surface area contributed by atoms with Gasteiger partial charge in [0.05, 0.1) is 31.8 Å². The van der Waals surface area contributed by atoms with Gasteiger partial charge in [0.2, 0.25) is 0 Å². The molecule has 0 amide bonds. The van der Waals surface area contributed by atoms with Gasteiger partial charge in [-0.2, -0.15) is 0 Å². The molecule has 2 unspecified atom stereocenters. The maximum absolute atomic E-state index is 11.3. The van der Waals surface area contributed by atoms with Crippen LogP contribution in [0.1, 0.15) is 48.9 Å². The number of fused-ring (bicyclic) bond motifs is 3. The van der Waals surface area contributed by atoms with E-state index in [-0.39, 0.29) is 13.2 Å². The molecule has 5 rings (SSSR count). The summed E-state index contributed by atoms with van der Waals surface area (Å²) < 4.78 is 33.3. The number of aliphatic hydroxyl groups is 2. The van der Waals surface area contributed by atoms with Gasteiger partial charge in [-0.1, -0.05) is 72.8 Å². The second-order valence-electron chi connectivity index (χ2n) is 11.9. The number of hydrogen-bond acceptors (Lipinski definition) is 10. The predicted molar refractivity (Wildman–Crippen MR) is 191 cm³/mol. The standard InChI is InChI=1S/C41H42O10/c1-27(42)39(44)48-25-9-23-46-29(3)50-33-19-15-31(16-20-33)41(37-13-7-5-11-35(37)36-12-6-8-14-38(36)41)32-17-21-34(22-18-32)51-30(4)47-24-10-26-49-40(45)28(2)43/h5-8,11-22,29-30,42-43H,1-2,9-10,23-26H2,3-4H3. The smallest absolute Gasteiger partial charge is 0.372 e. The molecule has 0 aliphatic heterocycles.